The van der Waals surface area contributed by atoms with Crippen LogP contribution in [0.2, 0.25) is 0 Å². The van der Waals surface area contributed by atoms with Gasteiger partial charge in [0.15, 0.2) is 0 Å². The number of amides is 1. The largest absolute Gasteiger partial charge is 0.369 e. The predicted molar refractivity (Wildman–Crippen MR) is 83.4 cm³/mol. The summed E-state index contributed by atoms with van der Waals surface area (Å²) in [7, 11) is 4.17. The second-order valence-corrected chi connectivity index (χ2v) is 5.83. The van der Waals surface area contributed by atoms with Crippen molar-refractivity contribution in [2.45, 2.75) is 38.1 Å². The third-order valence-corrected chi connectivity index (χ3v) is 4.30. The molecule has 2 N–H and O–H groups in total. The van der Waals surface area contributed by atoms with Gasteiger partial charge >= 0.3 is 0 Å². The van der Waals surface area contributed by atoms with Gasteiger partial charge in [0.25, 0.3) is 5.91 Å². The molecule has 1 amide bonds. The molecule has 0 atom stereocenters. The minimum Gasteiger partial charge on any atom is -0.369 e. The highest BCUT2D eigenvalue weighted by Crippen LogP contribution is 2.33. The predicted octanol–water partition coefficient (Wildman–Crippen LogP) is 1.51. The van der Waals surface area contributed by atoms with Gasteiger partial charge in [-0.25, -0.2) is 9.97 Å². The van der Waals surface area contributed by atoms with Crippen LogP contribution >= 0.6 is 0 Å². The number of rotatable bonds is 6. The van der Waals surface area contributed by atoms with E-state index >= 15 is 0 Å². The number of likely N-dealkylation sites (N-methyl/N-ethyl adjacent to an activating group) is 1. The summed E-state index contributed by atoms with van der Waals surface area (Å²) in [4.78, 5) is 22.8. The van der Waals surface area contributed by atoms with Crippen LogP contribution in [-0.4, -0.2) is 53.5 Å². The van der Waals surface area contributed by atoms with Crippen LogP contribution in [0.3, 0.4) is 0 Å². The molecule has 2 rings (SSSR count). The molecule has 6 heteroatoms. The number of carbonyl (C=O) groups is 1. The van der Waals surface area contributed by atoms with Crippen LogP contribution in [0.1, 0.15) is 43.1 Å². The molecular weight excluding hydrogens is 266 g/mol. The van der Waals surface area contributed by atoms with Gasteiger partial charge in [-0.05, 0) is 33.9 Å². The summed E-state index contributed by atoms with van der Waals surface area (Å²) >= 11 is 0. The standard InChI is InChI=1S/C15H25N5O/c1-4-16-13-10-17-12(9-18-13)14(21)19-11-15(20(2)3)7-5-6-8-15/h9-10H,4-8,11H2,1-3H3,(H,16,18)(H,19,21). The molecule has 6 nitrogen and oxygen atoms in total. The Balaban J connectivity index is 1.94. The SMILES string of the molecule is CCNc1cnc(C(=O)NCC2(N(C)C)CCCC2)cn1. The molecule has 0 radical (unpaired) electrons. The lowest BCUT2D eigenvalue weighted by atomic mass is 9.96. The number of anilines is 1. The number of aromatic nitrogens is 2. The topological polar surface area (TPSA) is 70.2 Å². The van der Waals surface area contributed by atoms with Crippen LogP contribution in [0.5, 0.6) is 0 Å². The average molecular weight is 291 g/mol. The van der Waals surface area contributed by atoms with Crippen LogP contribution in [0, 0.1) is 0 Å². The highest BCUT2D eigenvalue weighted by molar-refractivity contribution is 5.92. The molecule has 0 spiro atoms. The number of hydrogen-bond donors (Lipinski definition) is 2. The van der Waals surface area contributed by atoms with Gasteiger partial charge in [-0.2, -0.15) is 0 Å². The summed E-state index contributed by atoms with van der Waals surface area (Å²) in [6, 6.07) is 0. The third kappa shape index (κ3) is 3.69. The summed E-state index contributed by atoms with van der Waals surface area (Å²) in [6.45, 7) is 3.44. The maximum atomic E-state index is 12.2. The maximum Gasteiger partial charge on any atom is 0.271 e. The molecule has 1 aromatic heterocycles. The summed E-state index contributed by atoms with van der Waals surface area (Å²) in [5, 5.41) is 6.07. The number of carbonyl (C=O) groups excluding carboxylic acids is 1. The summed E-state index contributed by atoms with van der Waals surface area (Å²) < 4.78 is 0. The molecular formula is C15H25N5O. The Bertz CT molecular complexity index is 465. The second-order valence-electron chi connectivity index (χ2n) is 5.83. The van der Waals surface area contributed by atoms with Crippen molar-refractivity contribution in [1.82, 2.24) is 20.2 Å². The Kier molecular flexibility index (Phi) is 5.12. The van der Waals surface area contributed by atoms with Gasteiger partial charge in [0.2, 0.25) is 0 Å². The van der Waals surface area contributed by atoms with Crippen molar-refractivity contribution < 1.29 is 4.79 Å². The van der Waals surface area contributed by atoms with Crippen LogP contribution in [0.4, 0.5) is 5.82 Å². The Labute approximate surface area is 126 Å². The molecule has 1 fully saturated rings. The first-order valence-corrected chi connectivity index (χ1v) is 7.59. The Morgan fingerprint density at radius 2 is 2.00 bits per heavy atom. The number of nitrogens with one attached hydrogen (secondary N) is 2. The molecule has 1 aliphatic carbocycles. The third-order valence-electron chi connectivity index (χ3n) is 4.30. The molecule has 1 aromatic rings. The maximum absolute atomic E-state index is 12.2. The first kappa shape index (κ1) is 15.7. The zero-order valence-electron chi connectivity index (χ0n) is 13.1. The van der Waals surface area contributed by atoms with Crippen LogP contribution in [0.25, 0.3) is 0 Å². The Morgan fingerprint density at radius 3 is 2.52 bits per heavy atom. The fourth-order valence-corrected chi connectivity index (χ4v) is 2.87. The lowest BCUT2D eigenvalue weighted by molar-refractivity contribution is 0.0895. The van der Waals surface area contributed by atoms with E-state index in [0.717, 1.165) is 19.4 Å². The van der Waals surface area contributed by atoms with Crippen molar-refractivity contribution in [2.24, 2.45) is 0 Å². The van der Waals surface area contributed by atoms with Crippen molar-refractivity contribution in [2.75, 3.05) is 32.5 Å². The van der Waals surface area contributed by atoms with Gasteiger partial charge in [0.1, 0.15) is 11.5 Å². The van der Waals surface area contributed by atoms with E-state index in [0.29, 0.717) is 18.1 Å². The van der Waals surface area contributed by atoms with Gasteiger partial charge < -0.3 is 15.5 Å². The van der Waals surface area contributed by atoms with E-state index in [1.165, 1.54) is 19.0 Å². The molecule has 1 aliphatic rings. The van der Waals surface area contributed by atoms with E-state index in [1.807, 2.05) is 6.92 Å². The molecule has 116 valence electrons. The lowest BCUT2D eigenvalue weighted by Gasteiger charge is -2.36. The zero-order chi connectivity index (χ0) is 15.3. The molecule has 0 unspecified atom stereocenters. The quantitative estimate of drug-likeness (QED) is 0.831. The zero-order valence-corrected chi connectivity index (χ0v) is 13.1. The molecule has 0 bridgehead atoms. The van der Waals surface area contributed by atoms with E-state index < -0.39 is 0 Å². The first-order valence-electron chi connectivity index (χ1n) is 7.59. The van der Waals surface area contributed by atoms with Crippen LogP contribution in [0.15, 0.2) is 12.4 Å². The number of nitrogens with zero attached hydrogens (tertiary/aromatic N) is 3. The monoisotopic (exact) mass is 291 g/mol. The molecule has 0 aromatic carbocycles. The Hall–Kier alpha value is -1.69. The smallest absolute Gasteiger partial charge is 0.271 e. The fourth-order valence-electron chi connectivity index (χ4n) is 2.87. The van der Waals surface area contributed by atoms with Gasteiger partial charge in [-0.3, -0.25) is 4.79 Å². The molecule has 0 aliphatic heterocycles. The summed E-state index contributed by atoms with van der Waals surface area (Å²) in [6.07, 6.45) is 7.83. The molecule has 21 heavy (non-hydrogen) atoms. The van der Waals surface area contributed by atoms with Crippen molar-refractivity contribution in [3.63, 3.8) is 0 Å². The van der Waals surface area contributed by atoms with Crippen LogP contribution < -0.4 is 10.6 Å². The van der Waals surface area contributed by atoms with Crippen molar-refractivity contribution in [3.8, 4) is 0 Å². The van der Waals surface area contributed by atoms with Crippen LogP contribution in [-0.2, 0) is 0 Å². The van der Waals surface area contributed by atoms with Crippen molar-refractivity contribution in [3.05, 3.63) is 18.1 Å². The highest BCUT2D eigenvalue weighted by atomic mass is 16.1. The molecule has 1 saturated carbocycles. The minimum atomic E-state index is -0.154. The van der Waals surface area contributed by atoms with Gasteiger partial charge in [-0.15, -0.1) is 0 Å². The highest BCUT2D eigenvalue weighted by Gasteiger charge is 2.36. The van der Waals surface area contributed by atoms with Gasteiger partial charge in [-0.1, -0.05) is 12.8 Å². The summed E-state index contributed by atoms with van der Waals surface area (Å²) in [5.74, 6) is 0.535. The minimum absolute atomic E-state index is 0.0901. The second kappa shape index (κ2) is 6.85. The van der Waals surface area contributed by atoms with Gasteiger partial charge in [0, 0.05) is 18.6 Å². The fraction of sp³-hybridized carbons (Fsp3) is 0.667. The number of hydrogen-bond acceptors (Lipinski definition) is 5. The van der Waals surface area contributed by atoms with Crippen molar-refractivity contribution >= 4 is 11.7 Å². The van der Waals surface area contributed by atoms with Crippen molar-refractivity contribution in [1.29, 1.82) is 0 Å². The Morgan fingerprint density at radius 1 is 1.29 bits per heavy atom. The van der Waals surface area contributed by atoms with Gasteiger partial charge in [0.05, 0.1) is 12.4 Å². The lowest BCUT2D eigenvalue weighted by Crippen LogP contribution is -2.50. The molecule has 1 heterocycles. The van der Waals surface area contributed by atoms with E-state index in [2.05, 4.69) is 39.6 Å². The normalized spacial score (nSPS) is 17.0. The van der Waals surface area contributed by atoms with E-state index in [9.17, 15) is 4.79 Å². The van der Waals surface area contributed by atoms with E-state index in [-0.39, 0.29) is 11.4 Å². The molecule has 0 saturated heterocycles. The summed E-state index contributed by atoms with van der Waals surface area (Å²) in [5.41, 5.74) is 0.454. The average Bonchev–Trinajstić information content (AvgIpc) is 2.96. The van der Waals surface area contributed by atoms with E-state index in [4.69, 9.17) is 0 Å². The van der Waals surface area contributed by atoms with E-state index in [1.54, 1.807) is 6.20 Å². The first-order chi connectivity index (χ1) is 10.1.